The third-order valence-corrected chi connectivity index (χ3v) is 21.2. The van der Waals surface area contributed by atoms with Gasteiger partial charge in [0.2, 0.25) is 23.6 Å². The SMILES string of the molecule is C=CC(=O)O[C@@H]1CC(OC(=O)CCSCC(=O)N[C@H](C(=O)C[C@@H](CCCNC(N)=O)C(=O)Nc2ccc(COC(=O)N(C)[C@H](C(=O)C[C@H](C)C(C)C)C(C)C)cc2)C(C)C)C[C@H](OC(=O)C=C)C1.CC[C@@H](C)[C@@H]([C@@H](CC(=O)N1CCC[C@H]1[C@H](OC)[C@@H](C)C(=O)C[C@H](C)[C@@H](O)c1ccccc1)OC)N(C)C(C)=O. The molecule has 4 rings (SSSR count). The van der Waals surface area contributed by atoms with Gasteiger partial charge >= 0.3 is 30.0 Å². The van der Waals surface area contributed by atoms with Gasteiger partial charge in [-0.25, -0.2) is 19.2 Å². The summed E-state index contributed by atoms with van der Waals surface area (Å²) in [4.78, 5) is 158. The topological polar surface area (TPSA) is 352 Å². The predicted octanol–water partition coefficient (Wildman–Crippen LogP) is 10.3. The van der Waals surface area contributed by atoms with Crippen LogP contribution >= 0.6 is 11.8 Å². The van der Waals surface area contributed by atoms with E-state index in [0.29, 0.717) is 36.6 Å². The number of nitrogens with one attached hydrogen (secondary N) is 3. The van der Waals surface area contributed by atoms with Crippen molar-refractivity contribution in [3.63, 3.8) is 0 Å². The molecule has 0 bridgehead atoms. The van der Waals surface area contributed by atoms with Crippen molar-refractivity contribution in [3.8, 4) is 0 Å². The molecule has 15 atom stereocenters. The summed E-state index contributed by atoms with van der Waals surface area (Å²) >= 11 is 1.16. The van der Waals surface area contributed by atoms with Crippen LogP contribution in [0.3, 0.4) is 0 Å². The monoisotopic (exact) mass is 1520 g/mol. The number of likely N-dealkylation sites (N-methyl/N-ethyl adjacent to an activating group) is 2. The lowest BCUT2D eigenvalue weighted by molar-refractivity contribution is -0.165. The van der Waals surface area contributed by atoms with E-state index in [4.69, 9.17) is 34.2 Å². The standard InChI is InChI=1S/C49H73N5O13S.C31H50N2O6/c1-11-42(58)65-36-24-37(66-43(59)12-2)26-38(25-36)67-44(60)19-21-68-28-41(57)53-45(30(5)6)39(55)23-34(14-13-20-51-48(50)62)47(61)52-35-17-15-33(16-18-35)27-64-49(63)54(10)46(31(7)8)40(56)22-32(9)29(3)4;1-9-20(2)29(32(6)23(5)34)27(38-7)19-28(36)33-17-13-16-25(33)31(39-8)22(4)26(35)18-21(3)30(37)24-14-11-10-12-15-24/h11-12,15-18,29-32,34,36-38,45-46H,1-2,13-14,19-28H2,3-10H3,(H,52,61)(H,53,57)(H3,50,51,62);10-12,14-15,20-22,25,27,29-31,37H,9,13,16-19H2,1-8H3/t32-,34+,36-,37+,38?,45-,46-;20-,21+,22+,25+,27-,29+,30-,31-/m01/s1. The number of thioether (sulfide) groups is 1. The number of nitrogens with zero attached hydrogens (tertiary/aromatic N) is 3. The summed E-state index contributed by atoms with van der Waals surface area (Å²) < 4.78 is 33.5. The van der Waals surface area contributed by atoms with E-state index in [2.05, 4.69) is 56.8 Å². The number of benzene rings is 2. The van der Waals surface area contributed by atoms with Crippen molar-refractivity contribution in [1.82, 2.24) is 25.3 Å². The maximum atomic E-state index is 13.8. The van der Waals surface area contributed by atoms with E-state index in [-0.39, 0.29) is 147 Å². The van der Waals surface area contributed by atoms with Crippen LogP contribution < -0.4 is 21.7 Å². The van der Waals surface area contributed by atoms with Crippen molar-refractivity contribution < 1.29 is 91.1 Å². The number of ether oxygens (including phenoxy) is 6. The molecule has 2 aromatic rings. The van der Waals surface area contributed by atoms with Gasteiger partial charge in [0, 0.05) is 122 Å². The van der Waals surface area contributed by atoms with E-state index >= 15 is 0 Å². The maximum Gasteiger partial charge on any atom is 0.410 e. The van der Waals surface area contributed by atoms with E-state index in [9.17, 15) is 62.6 Å². The fourth-order valence-electron chi connectivity index (χ4n) is 13.5. The molecule has 27 heteroatoms. The Morgan fingerprint density at radius 1 is 0.710 bits per heavy atom. The predicted molar refractivity (Wildman–Crippen MR) is 410 cm³/mol. The number of esters is 3. The average molecular weight is 1520 g/mol. The molecule has 1 saturated carbocycles. The number of anilines is 1. The fourth-order valence-corrected chi connectivity index (χ4v) is 14.3. The average Bonchev–Trinajstić information content (AvgIpc) is 1.74. The molecule has 26 nitrogen and oxygen atoms in total. The highest BCUT2D eigenvalue weighted by Gasteiger charge is 2.43. The van der Waals surface area contributed by atoms with Crippen molar-refractivity contribution in [1.29, 1.82) is 0 Å². The molecule has 0 spiro atoms. The number of likely N-dealkylation sites (tertiary alicyclic amines) is 1. The number of carbonyl (C=O) groups excluding carboxylic acids is 12. The smallest absolute Gasteiger partial charge is 0.410 e. The van der Waals surface area contributed by atoms with Crippen molar-refractivity contribution >= 4 is 88.5 Å². The second-order valence-electron chi connectivity index (χ2n) is 29.4. The third-order valence-electron chi connectivity index (χ3n) is 20.3. The lowest BCUT2D eigenvalue weighted by Crippen LogP contribution is -2.52. The van der Waals surface area contributed by atoms with E-state index in [1.807, 2.05) is 69.9 Å². The molecule has 1 unspecified atom stereocenters. The highest BCUT2D eigenvalue weighted by atomic mass is 32.2. The van der Waals surface area contributed by atoms with Crippen molar-refractivity contribution in [2.75, 3.05) is 58.2 Å². The summed E-state index contributed by atoms with van der Waals surface area (Å²) in [6.07, 6.45) is 1.81. The normalized spacial score (nSPS) is 18.7. The van der Waals surface area contributed by atoms with Crippen molar-refractivity contribution in [2.45, 2.75) is 234 Å². The molecule has 0 aromatic heterocycles. The minimum absolute atomic E-state index is 0.0123. The van der Waals surface area contributed by atoms with Gasteiger partial charge in [-0.15, -0.1) is 0 Å². The number of Topliss-reactive ketones (excluding diaryl/α,β-unsaturated/α-hetero) is 3. The lowest BCUT2D eigenvalue weighted by atomic mass is 9.85. The number of primary amides is 1. The van der Waals surface area contributed by atoms with E-state index in [0.717, 1.165) is 48.7 Å². The van der Waals surface area contributed by atoms with Crippen LogP contribution in [-0.2, 0) is 83.0 Å². The van der Waals surface area contributed by atoms with Crippen molar-refractivity contribution in [2.24, 2.45) is 53.1 Å². The zero-order valence-electron chi connectivity index (χ0n) is 66.0. The molecular formula is C80H123N7O19S. The number of urea groups is 1. The van der Waals surface area contributed by atoms with Crippen LogP contribution in [0.25, 0.3) is 0 Å². The molecule has 1 heterocycles. The van der Waals surface area contributed by atoms with Gasteiger partial charge < -0.3 is 69.9 Å². The van der Waals surface area contributed by atoms with E-state index in [1.165, 1.54) is 11.8 Å². The summed E-state index contributed by atoms with van der Waals surface area (Å²) in [7, 11) is 6.50. The number of hydrogen-bond donors (Lipinski definition) is 5. The Balaban J connectivity index is 0.000000642. The van der Waals surface area contributed by atoms with Gasteiger partial charge in [-0.05, 0) is 84.5 Å². The number of hydrogen-bond acceptors (Lipinski definition) is 20. The minimum atomic E-state index is -0.928. The minimum Gasteiger partial charge on any atom is -0.462 e. The molecule has 0 radical (unpaired) electrons. The molecule has 1 saturated heterocycles. The van der Waals surface area contributed by atoms with Gasteiger partial charge in [0.25, 0.3) is 0 Å². The van der Waals surface area contributed by atoms with Crippen LogP contribution in [0.4, 0.5) is 15.3 Å². The summed E-state index contributed by atoms with van der Waals surface area (Å²) in [5, 5.41) is 18.8. The zero-order valence-corrected chi connectivity index (χ0v) is 66.8. The van der Waals surface area contributed by atoms with Gasteiger partial charge in [0.05, 0.1) is 61.1 Å². The van der Waals surface area contributed by atoms with Crippen LogP contribution in [0, 0.1) is 47.3 Å². The van der Waals surface area contributed by atoms with E-state index < -0.39 is 102 Å². The first-order chi connectivity index (χ1) is 50.5. The molecular weight excluding hydrogens is 1390 g/mol. The summed E-state index contributed by atoms with van der Waals surface area (Å²) in [6, 6.07) is 13.3. The molecule has 598 valence electrons. The first-order valence-corrected chi connectivity index (χ1v) is 38.6. The number of aliphatic hydroxyl groups excluding tert-OH is 1. The van der Waals surface area contributed by atoms with Crippen LogP contribution in [0.2, 0.25) is 0 Å². The number of aliphatic hydroxyl groups is 1. The maximum absolute atomic E-state index is 13.8. The molecule has 107 heavy (non-hydrogen) atoms. The first kappa shape index (κ1) is 93.2. The van der Waals surface area contributed by atoms with Gasteiger partial charge in [-0.2, -0.15) is 11.8 Å². The summed E-state index contributed by atoms with van der Waals surface area (Å²) in [5.74, 6) is -4.47. The summed E-state index contributed by atoms with van der Waals surface area (Å²) in [6.45, 7) is 30.3. The number of amides is 7. The Hall–Kier alpha value is -8.01. The van der Waals surface area contributed by atoms with Gasteiger partial charge in [-0.1, -0.05) is 138 Å². The zero-order chi connectivity index (χ0) is 80.4. The van der Waals surface area contributed by atoms with Crippen molar-refractivity contribution in [3.05, 3.63) is 91.0 Å². The highest BCUT2D eigenvalue weighted by molar-refractivity contribution is 7.99. The van der Waals surface area contributed by atoms with Gasteiger partial charge in [0.1, 0.15) is 30.7 Å². The number of carbonyl (C=O) groups is 12. The van der Waals surface area contributed by atoms with Crippen LogP contribution in [0.5, 0.6) is 0 Å². The Kier molecular flexibility index (Phi) is 41.6. The summed E-state index contributed by atoms with van der Waals surface area (Å²) in [5.41, 5.74) is 7.06. The molecule has 2 aliphatic rings. The van der Waals surface area contributed by atoms with Crippen LogP contribution in [-0.4, -0.2) is 198 Å². The molecule has 2 aromatic carbocycles. The second-order valence-corrected chi connectivity index (χ2v) is 30.5. The first-order valence-electron chi connectivity index (χ1n) is 37.5. The Labute approximate surface area is 638 Å². The second kappa shape index (κ2) is 47.7. The molecule has 7 amide bonds. The number of rotatable bonds is 44. The van der Waals surface area contributed by atoms with E-state index in [1.54, 1.807) is 71.3 Å². The van der Waals surface area contributed by atoms with Gasteiger partial charge in [0.15, 0.2) is 11.6 Å². The Morgan fingerprint density at radius 2 is 1.30 bits per heavy atom. The Morgan fingerprint density at radius 3 is 1.82 bits per heavy atom. The lowest BCUT2D eigenvalue weighted by Gasteiger charge is -2.39. The quantitative estimate of drug-likeness (QED) is 0.0178. The number of methoxy groups -OCH3 is 2. The highest BCUT2D eigenvalue weighted by Crippen LogP contribution is 2.33. The largest absolute Gasteiger partial charge is 0.462 e. The Bertz CT molecular complexity index is 3200. The molecule has 6 N–H and O–H groups in total. The number of ketones is 3. The number of nitrogens with two attached hydrogens (primary N) is 1. The molecule has 1 aliphatic heterocycles. The third kappa shape index (κ3) is 31.6. The van der Waals surface area contributed by atoms with Gasteiger partial charge in [-0.3, -0.25) is 38.4 Å². The van der Waals surface area contributed by atoms with Crippen LogP contribution in [0.15, 0.2) is 79.9 Å². The fraction of sp³-hybridized carbons (Fsp3) is 0.650. The van der Waals surface area contributed by atoms with Crippen LogP contribution in [0.1, 0.15) is 184 Å². The molecule has 2 fully saturated rings. The molecule has 1 aliphatic carbocycles.